The molecule has 4 heterocycles. The van der Waals surface area contributed by atoms with E-state index in [9.17, 15) is 0 Å². The minimum absolute atomic E-state index is 0.0703. The number of rotatable bonds is 3. The molecule has 0 unspecified atom stereocenters. The summed E-state index contributed by atoms with van der Waals surface area (Å²) in [4.78, 5) is 11.5. The lowest BCUT2D eigenvalue weighted by Crippen LogP contribution is -2.45. The van der Waals surface area contributed by atoms with Gasteiger partial charge in [-0.3, -0.25) is 4.90 Å². The van der Waals surface area contributed by atoms with Gasteiger partial charge in [0, 0.05) is 25.3 Å². The number of hydrogen-bond acceptors (Lipinski definition) is 5. The number of nitrogens with zero attached hydrogens (tertiary/aromatic N) is 4. The highest BCUT2D eigenvalue weighted by Crippen LogP contribution is 2.32. The zero-order chi connectivity index (χ0) is 18.2. The number of benzene rings is 1. The maximum absolute atomic E-state index is 6.16. The molecule has 0 N–H and O–H groups in total. The van der Waals surface area contributed by atoms with E-state index in [-0.39, 0.29) is 6.10 Å². The molecule has 0 saturated carbocycles. The molecule has 2 aliphatic heterocycles. The van der Waals surface area contributed by atoms with Crippen molar-refractivity contribution in [1.82, 2.24) is 19.4 Å². The van der Waals surface area contributed by atoms with Crippen molar-refractivity contribution in [2.75, 3.05) is 26.2 Å². The molecule has 27 heavy (non-hydrogen) atoms. The molecule has 1 aromatic carbocycles. The molecule has 0 radical (unpaired) electrons. The molecular weight excluding hydrogens is 340 g/mol. The Morgan fingerprint density at radius 3 is 2.96 bits per heavy atom. The first-order valence-corrected chi connectivity index (χ1v) is 9.68. The van der Waals surface area contributed by atoms with Crippen LogP contribution in [0.25, 0.3) is 11.2 Å². The van der Waals surface area contributed by atoms with Crippen molar-refractivity contribution in [3.8, 4) is 11.5 Å². The fourth-order valence-corrected chi connectivity index (χ4v) is 4.35. The summed E-state index contributed by atoms with van der Waals surface area (Å²) in [5.74, 6) is 2.74. The second-order valence-corrected chi connectivity index (χ2v) is 7.43. The van der Waals surface area contributed by atoms with Crippen molar-refractivity contribution in [2.24, 2.45) is 0 Å². The van der Waals surface area contributed by atoms with Gasteiger partial charge in [-0.2, -0.15) is 0 Å². The molecule has 2 atom stereocenters. The van der Waals surface area contributed by atoms with Crippen molar-refractivity contribution in [1.29, 1.82) is 0 Å². The number of para-hydroxylation sites is 2. The highest BCUT2D eigenvalue weighted by Gasteiger charge is 2.28. The summed E-state index contributed by atoms with van der Waals surface area (Å²) in [7, 11) is 0. The fourth-order valence-electron chi connectivity index (χ4n) is 4.35. The Hall–Kier alpha value is -2.60. The van der Waals surface area contributed by atoms with Crippen LogP contribution in [-0.2, 0) is 0 Å². The molecule has 6 heteroatoms. The van der Waals surface area contributed by atoms with Gasteiger partial charge in [0.25, 0.3) is 0 Å². The zero-order valence-electron chi connectivity index (χ0n) is 15.5. The Balaban J connectivity index is 1.31. The number of aromatic nitrogens is 3. The number of imidazole rings is 1. The molecule has 5 rings (SSSR count). The number of ether oxygens (including phenoxy) is 2. The Labute approximate surface area is 158 Å². The van der Waals surface area contributed by atoms with E-state index in [0.717, 1.165) is 48.1 Å². The second-order valence-electron chi connectivity index (χ2n) is 7.43. The molecule has 3 aromatic rings. The number of likely N-dealkylation sites (tertiary alicyclic amines) is 1. The van der Waals surface area contributed by atoms with Crippen molar-refractivity contribution in [2.45, 2.75) is 31.9 Å². The zero-order valence-corrected chi connectivity index (χ0v) is 15.5. The SMILES string of the molecule is Cc1nc2ncccc2n1[C@H]1CCCN(C[C@H]2COc3ccccc3O2)C1. The van der Waals surface area contributed by atoms with Gasteiger partial charge in [-0.25, -0.2) is 9.97 Å². The Kier molecular flexibility index (Phi) is 4.20. The van der Waals surface area contributed by atoms with Crippen LogP contribution in [0.1, 0.15) is 24.7 Å². The predicted molar refractivity (Wildman–Crippen MR) is 103 cm³/mol. The number of fused-ring (bicyclic) bond motifs is 2. The number of piperidine rings is 1. The molecule has 6 nitrogen and oxygen atoms in total. The molecule has 0 aliphatic carbocycles. The summed E-state index contributed by atoms with van der Waals surface area (Å²) >= 11 is 0. The largest absolute Gasteiger partial charge is 0.486 e. The molecule has 0 spiro atoms. The van der Waals surface area contributed by atoms with Gasteiger partial charge < -0.3 is 14.0 Å². The molecule has 1 fully saturated rings. The van der Waals surface area contributed by atoms with E-state index >= 15 is 0 Å². The van der Waals surface area contributed by atoms with Gasteiger partial charge in [-0.05, 0) is 50.6 Å². The third kappa shape index (κ3) is 3.14. The number of pyridine rings is 1. The van der Waals surface area contributed by atoms with Crippen LogP contribution in [0.2, 0.25) is 0 Å². The lowest BCUT2D eigenvalue weighted by molar-refractivity contribution is 0.0462. The maximum Gasteiger partial charge on any atom is 0.177 e. The van der Waals surface area contributed by atoms with Crippen LogP contribution in [0.15, 0.2) is 42.6 Å². The van der Waals surface area contributed by atoms with Gasteiger partial charge >= 0.3 is 0 Å². The minimum Gasteiger partial charge on any atom is -0.486 e. The molecule has 2 aliphatic rings. The van der Waals surface area contributed by atoms with Gasteiger partial charge in [0.15, 0.2) is 17.1 Å². The van der Waals surface area contributed by atoms with Gasteiger partial charge in [0.05, 0.1) is 5.52 Å². The van der Waals surface area contributed by atoms with Gasteiger partial charge in [0.1, 0.15) is 18.5 Å². The molecular formula is C21H24N4O2. The van der Waals surface area contributed by atoms with E-state index in [0.29, 0.717) is 12.6 Å². The quantitative estimate of drug-likeness (QED) is 0.714. The van der Waals surface area contributed by atoms with Gasteiger partial charge in [-0.1, -0.05) is 12.1 Å². The van der Waals surface area contributed by atoms with Crippen molar-refractivity contribution in [3.05, 3.63) is 48.4 Å². The lowest BCUT2D eigenvalue weighted by Gasteiger charge is -2.37. The smallest absolute Gasteiger partial charge is 0.177 e. The van der Waals surface area contributed by atoms with Crippen LogP contribution >= 0.6 is 0 Å². The predicted octanol–water partition coefficient (Wildman–Crippen LogP) is 3.22. The first kappa shape index (κ1) is 16.6. The standard InChI is InChI=1S/C21H24N4O2/c1-15-23-21-18(7-4-10-22-21)25(15)16-6-5-11-24(12-16)13-17-14-26-19-8-2-3-9-20(19)27-17/h2-4,7-10,16-17H,5-6,11-14H2,1H3/t16-,17-/m0/s1. The monoisotopic (exact) mass is 364 g/mol. The molecule has 0 amide bonds. The van der Waals surface area contributed by atoms with E-state index in [1.807, 2.05) is 36.5 Å². The summed E-state index contributed by atoms with van der Waals surface area (Å²) in [6.45, 7) is 5.67. The Morgan fingerprint density at radius 2 is 2.04 bits per heavy atom. The summed E-state index contributed by atoms with van der Waals surface area (Å²) in [5, 5.41) is 0. The molecule has 2 aromatic heterocycles. The van der Waals surface area contributed by atoms with Crippen LogP contribution < -0.4 is 9.47 Å². The van der Waals surface area contributed by atoms with Crippen molar-refractivity contribution in [3.63, 3.8) is 0 Å². The van der Waals surface area contributed by atoms with Gasteiger partial charge in [0.2, 0.25) is 0 Å². The highest BCUT2D eigenvalue weighted by molar-refractivity contribution is 5.71. The highest BCUT2D eigenvalue weighted by atomic mass is 16.6. The van der Waals surface area contributed by atoms with Crippen LogP contribution in [-0.4, -0.2) is 51.8 Å². The van der Waals surface area contributed by atoms with E-state index < -0.39 is 0 Å². The average Bonchev–Trinajstić information content (AvgIpc) is 3.04. The second kappa shape index (κ2) is 6.85. The average molecular weight is 364 g/mol. The van der Waals surface area contributed by atoms with E-state index in [1.165, 1.54) is 12.8 Å². The Morgan fingerprint density at radius 1 is 1.15 bits per heavy atom. The summed E-state index contributed by atoms with van der Waals surface area (Å²) in [6, 6.07) is 12.4. The third-order valence-electron chi connectivity index (χ3n) is 5.52. The van der Waals surface area contributed by atoms with E-state index in [2.05, 4.69) is 32.4 Å². The maximum atomic E-state index is 6.16. The van der Waals surface area contributed by atoms with Crippen LogP contribution in [0.5, 0.6) is 11.5 Å². The number of aryl methyl sites for hydroxylation is 1. The summed E-state index contributed by atoms with van der Waals surface area (Å²) in [6.07, 6.45) is 4.22. The normalized spacial score (nSPS) is 22.9. The molecule has 1 saturated heterocycles. The lowest BCUT2D eigenvalue weighted by atomic mass is 10.0. The summed E-state index contributed by atoms with van der Waals surface area (Å²) < 4.78 is 14.4. The number of hydrogen-bond donors (Lipinski definition) is 0. The van der Waals surface area contributed by atoms with E-state index in [1.54, 1.807) is 0 Å². The van der Waals surface area contributed by atoms with Gasteiger partial charge in [-0.15, -0.1) is 0 Å². The van der Waals surface area contributed by atoms with Crippen LogP contribution in [0, 0.1) is 6.92 Å². The first-order valence-electron chi connectivity index (χ1n) is 9.68. The third-order valence-corrected chi connectivity index (χ3v) is 5.52. The fraction of sp³-hybridized carbons (Fsp3) is 0.429. The van der Waals surface area contributed by atoms with Crippen LogP contribution in [0.3, 0.4) is 0 Å². The topological polar surface area (TPSA) is 52.4 Å². The Bertz CT molecular complexity index is 954. The van der Waals surface area contributed by atoms with Crippen molar-refractivity contribution >= 4 is 11.2 Å². The first-order chi connectivity index (χ1) is 13.3. The van der Waals surface area contributed by atoms with E-state index in [4.69, 9.17) is 9.47 Å². The summed E-state index contributed by atoms with van der Waals surface area (Å²) in [5.41, 5.74) is 1.97. The van der Waals surface area contributed by atoms with Crippen molar-refractivity contribution < 1.29 is 9.47 Å². The minimum atomic E-state index is 0.0703. The molecule has 0 bridgehead atoms. The molecule has 140 valence electrons. The van der Waals surface area contributed by atoms with Crippen LogP contribution in [0.4, 0.5) is 0 Å².